The third kappa shape index (κ3) is 2.28. The van der Waals surface area contributed by atoms with Crippen molar-refractivity contribution in [2.24, 2.45) is 23.7 Å². The molecule has 1 aromatic carbocycles. The zero-order valence-electron chi connectivity index (χ0n) is 12.3. The first-order chi connectivity index (χ1) is 11.4. The van der Waals surface area contributed by atoms with E-state index in [2.05, 4.69) is 37.3 Å². The summed E-state index contributed by atoms with van der Waals surface area (Å²) in [6.45, 7) is 0. The van der Waals surface area contributed by atoms with Gasteiger partial charge in [0, 0.05) is 20.2 Å². The van der Waals surface area contributed by atoms with Gasteiger partial charge in [0.2, 0.25) is 0 Å². The van der Waals surface area contributed by atoms with E-state index in [0.717, 1.165) is 11.4 Å². The lowest BCUT2D eigenvalue weighted by Gasteiger charge is -2.28. The largest absolute Gasteiger partial charge is 0.272 e. The summed E-state index contributed by atoms with van der Waals surface area (Å²) >= 11 is 13.1. The molecule has 0 spiro atoms. The van der Waals surface area contributed by atoms with Crippen molar-refractivity contribution in [1.82, 2.24) is 10.4 Å². The minimum absolute atomic E-state index is 0.123. The Morgan fingerprint density at radius 3 is 2.04 bits per heavy atom. The maximum atomic E-state index is 12.7. The van der Waals surface area contributed by atoms with Gasteiger partial charge in [0.25, 0.3) is 17.7 Å². The number of alkyl halides is 2. The molecule has 3 fully saturated rings. The van der Waals surface area contributed by atoms with E-state index in [9.17, 15) is 14.4 Å². The van der Waals surface area contributed by atoms with Crippen LogP contribution in [0.3, 0.4) is 0 Å². The average Bonchev–Trinajstić information content (AvgIpc) is 3.16. The van der Waals surface area contributed by atoms with E-state index in [1.165, 1.54) is 0 Å². The number of nitrogens with zero attached hydrogens (tertiary/aromatic N) is 1. The molecule has 1 heterocycles. The van der Waals surface area contributed by atoms with E-state index in [1.807, 2.05) is 0 Å². The lowest BCUT2D eigenvalue weighted by molar-refractivity contribution is -0.143. The molecule has 0 aromatic heterocycles. The highest BCUT2D eigenvalue weighted by molar-refractivity contribution is 9.12. The quantitative estimate of drug-likeness (QED) is 0.527. The molecule has 1 saturated heterocycles. The molecule has 8 heteroatoms. The van der Waals surface area contributed by atoms with Gasteiger partial charge < -0.3 is 0 Å². The first-order valence-corrected chi connectivity index (χ1v) is 9.83. The molecule has 2 bridgehead atoms. The van der Waals surface area contributed by atoms with E-state index in [1.54, 1.807) is 24.3 Å². The SMILES string of the molecule is O=C(NN1C(=O)C2C3CC(C(Br)C3Br)C2C1=O)c1ccc(Cl)cc1. The molecule has 0 radical (unpaired) electrons. The van der Waals surface area contributed by atoms with Crippen molar-refractivity contribution in [3.8, 4) is 0 Å². The number of amides is 3. The normalized spacial score (nSPS) is 37.0. The lowest BCUT2D eigenvalue weighted by Crippen LogP contribution is -2.47. The number of hydrogen-bond donors (Lipinski definition) is 1. The highest BCUT2D eigenvalue weighted by atomic mass is 79.9. The van der Waals surface area contributed by atoms with Crippen molar-refractivity contribution >= 4 is 61.2 Å². The highest BCUT2D eigenvalue weighted by Crippen LogP contribution is 2.59. The van der Waals surface area contributed by atoms with Gasteiger partial charge in [-0.05, 0) is 42.5 Å². The van der Waals surface area contributed by atoms with Gasteiger partial charge in [-0.15, -0.1) is 0 Å². The Balaban J connectivity index is 1.55. The van der Waals surface area contributed by atoms with Gasteiger partial charge >= 0.3 is 0 Å². The number of carbonyl (C=O) groups excluding carboxylic acids is 3. The maximum absolute atomic E-state index is 12.7. The second-order valence-corrected chi connectivity index (χ2v) is 9.01. The summed E-state index contributed by atoms with van der Waals surface area (Å²) in [5.74, 6) is -1.53. The van der Waals surface area contributed by atoms with E-state index in [4.69, 9.17) is 11.6 Å². The summed E-state index contributed by atoms with van der Waals surface area (Å²) < 4.78 is 0. The van der Waals surface area contributed by atoms with Gasteiger partial charge in [0.15, 0.2) is 0 Å². The Labute approximate surface area is 160 Å². The Morgan fingerprint density at radius 1 is 1.04 bits per heavy atom. The van der Waals surface area contributed by atoms with Crippen molar-refractivity contribution in [1.29, 1.82) is 0 Å². The first-order valence-electron chi connectivity index (χ1n) is 7.62. The van der Waals surface area contributed by atoms with Crippen LogP contribution in [0.1, 0.15) is 16.8 Å². The fraction of sp³-hybridized carbons (Fsp3) is 0.438. The minimum atomic E-state index is -0.494. The predicted molar refractivity (Wildman–Crippen MR) is 94.8 cm³/mol. The van der Waals surface area contributed by atoms with Gasteiger partial charge in [-0.1, -0.05) is 43.5 Å². The number of benzene rings is 1. The molecule has 6 atom stereocenters. The average molecular weight is 477 g/mol. The van der Waals surface area contributed by atoms with Crippen LogP contribution in [0.2, 0.25) is 5.02 Å². The molecule has 5 nitrogen and oxygen atoms in total. The van der Waals surface area contributed by atoms with E-state index < -0.39 is 5.91 Å². The zero-order valence-corrected chi connectivity index (χ0v) is 16.2. The van der Waals surface area contributed by atoms with E-state index in [-0.39, 0.29) is 45.1 Å². The third-order valence-electron chi connectivity index (χ3n) is 5.31. The topological polar surface area (TPSA) is 66.5 Å². The molecule has 1 aliphatic heterocycles. The predicted octanol–water partition coefficient (Wildman–Crippen LogP) is 2.76. The van der Waals surface area contributed by atoms with Crippen LogP contribution in [-0.2, 0) is 9.59 Å². The third-order valence-corrected chi connectivity index (χ3v) is 8.77. The number of carbonyl (C=O) groups is 3. The second kappa shape index (κ2) is 5.81. The fourth-order valence-electron chi connectivity index (χ4n) is 4.23. The van der Waals surface area contributed by atoms with Crippen LogP contribution < -0.4 is 5.43 Å². The van der Waals surface area contributed by atoms with Gasteiger partial charge in [-0.3, -0.25) is 19.8 Å². The molecule has 6 unspecified atom stereocenters. The molecule has 3 aliphatic rings. The number of rotatable bonds is 2. The van der Waals surface area contributed by atoms with Gasteiger partial charge in [0.1, 0.15) is 0 Å². The Bertz CT molecular complexity index is 709. The smallest absolute Gasteiger partial charge is 0.270 e. The van der Waals surface area contributed by atoms with Crippen molar-refractivity contribution in [2.75, 3.05) is 0 Å². The Hall–Kier alpha value is -0.920. The number of hydrogen-bond acceptors (Lipinski definition) is 3. The molecule has 2 saturated carbocycles. The van der Waals surface area contributed by atoms with Crippen LogP contribution in [-0.4, -0.2) is 32.4 Å². The summed E-state index contributed by atoms with van der Waals surface area (Å²) in [5.41, 5.74) is 2.81. The van der Waals surface area contributed by atoms with Gasteiger partial charge in [-0.25, -0.2) is 0 Å². The van der Waals surface area contributed by atoms with Crippen LogP contribution in [0.5, 0.6) is 0 Å². The molecule has 126 valence electrons. The summed E-state index contributed by atoms with van der Waals surface area (Å²) in [6, 6.07) is 6.28. The number of fused-ring (bicyclic) bond motifs is 5. The van der Waals surface area contributed by atoms with Crippen molar-refractivity contribution < 1.29 is 14.4 Å². The van der Waals surface area contributed by atoms with Crippen LogP contribution in [0.15, 0.2) is 24.3 Å². The standard InChI is InChI=1S/C16H13Br2ClN2O3/c17-12-8-5-9(13(12)18)11-10(8)15(23)21(16(11)24)20-14(22)6-1-3-7(19)4-2-6/h1-4,8-13H,5H2,(H,20,22). The van der Waals surface area contributed by atoms with Crippen molar-refractivity contribution in [3.63, 3.8) is 0 Å². The molecule has 24 heavy (non-hydrogen) atoms. The summed E-state index contributed by atoms with van der Waals surface area (Å²) in [4.78, 5) is 38.0. The summed E-state index contributed by atoms with van der Waals surface area (Å²) in [6.07, 6.45) is 0.859. The molecular formula is C16H13Br2ClN2O3. The summed E-state index contributed by atoms with van der Waals surface area (Å²) in [7, 11) is 0. The van der Waals surface area contributed by atoms with Crippen LogP contribution >= 0.6 is 43.5 Å². The summed E-state index contributed by atoms with van der Waals surface area (Å²) in [5, 5.41) is 1.42. The number of halogens is 3. The van der Waals surface area contributed by atoms with Crippen molar-refractivity contribution in [2.45, 2.75) is 16.1 Å². The molecule has 1 aromatic rings. The van der Waals surface area contributed by atoms with Gasteiger partial charge in [-0.2, -0.15) is 5.01 Å². The monoisotopic (exact) mass is 474 g/mol. The number of hydrazine groups is 1. The Kier molecular flexibility index (Phi) is 4.01. The highest BCUT2D eigenvalue weighted by Gasteiger charge is 2.66. The Morgan fingerprint density at radius 2 is 1.54 bits per heavy atom. The lowest BCUT2D eigenvalue weighted by atomic mass is 9.81. The van der Waals surface area contributed by atoms with E-state index in [0.29, 0.717) is 10.6 Å². The van der Waals surface area contributed by atoms with Crippen LogP contribution in [0.25, 0.3) is 0 Å². The molecule has 3 amide bonds. The fourth-order valence-corrected chi connectivity index (χ4v) is 6.23. The van der Waals surface area contributed by atoms with Crippen LogP contribution in [0, 0.1) is 23.7 Å². The number of imide groups is 1. The van der Waals surface area contributed by atoms with Crippen molar-refractivity contribution in [3.05, 3.63) is 34.9 Å². The molecular weight excluding hydrogens is 463 g/mol. The molecule has 2 aliphatic carbocycles. The first kappa shape index (κ1) is 16.5. The maximum Gasteiger partial charge on any atom is 0.270 e. The van der Waals surface area contributed by atoms with E-state index >= 15 is 0 Å². The minimum Gasteiger partial charge on any atom is -0.272 e. The molecule has 1 N–H and O–H groups in total. The van der Waals surface area contributed by atoms with Gasteiger partial charge in [0.05, 0.1) is 11.8 Å². The zero-order chi connectivity index (χ0) is 17.2. The second-order valence-electron chi connectivity index (χ2n) is 6.46. The molecule has 4 rings (SSSR count). The van der Waals surface area contributed by atoms with Crippen LogP contribution in [0.4, 0.5) is 0 Å². The number of nitrogens with one attached hydrogen (secondary N) is 1.